The highest BCUT2D eigenvalue weighted by Crippen LogP contribution is 2.34. The Morgan fingerprint density at radius 1 is 1.20 bits per heavy atom. The SMILES string of the molecule is C=CCc1cc(/C=N\NC(=O)c2ccc(C#N)cc2F)cc(OCC)c1OCc1ccccc1Cl. The molecule has 0 aliphatic heterocycles. The Morgan fingerprint density at radius 2 is 2.00 bits per heavy atom. The van der Waals surface area contributed by atoms with E-state index in [-0.39, 0.29) is 17.7 Å². The summed E-state index contributed by atoms with van der Waals surface area (Å²) in [6.45, 7) is 6.33. The predicted octanol–water partition coefficient (Wildman–Crippen LogP) is 5.82. The monoisotopic (exact) mass is 491 g/mol. The molecule has 178 valence electrons. The van der Waals surface area contributed by atoms with Crippen LogP contribution in [0.3, 0.4) is 0 Å². The highest BCUT2D eigenvalue weighted by atomic mass is 35.5. The van der Waals surface area contributed by atoms with Crippen molar-refractivity contribution in [3.05, 3.63) is 106 Å². The van der Waals surface area contributed by atoms with Gasteiger partial charge in [0.25, 0.3) is 5.91 Å². The standard InChI is InChI=1S/C27H23ClFN3O3/c1-3-7-20-12-19(16-31-32-27(33)22-11-10-18(15-30)13-24(22)29)14-25(34-4-2)26(20)35-17-21-8-5-6-9-23(21)28/h3,5-6,8-14,16H,1,4,7,17H2,2H3,(H,32,33)/b31-16-. The lowest BCUT2D eigenvalue weighted by Crippen LogP contribution is -2.19. The summed E-state index contributed by atoms with van der Waals surface area (Å²) in [5.74, 6) is -0.472. The van der Waals surface area contributed by atoms with Crippen LogP contribution in [-0.2, 0) is 13.0 Å². The molecule has 0 saturated heterocycles. The van der Waals surface area contributed by atoms with Gasteiger partial charge in [-0.15, -0.1) is 6.58 Å². The molecule has 35 heavy (non-hydrogen) atoms. The van der Waals surface area contributed by atoms with E-state index in [1.54, 1.807) is 18.2 Å². The molecule has 1 amide bonds. The predicted molar refractivity (Wildman–Crippen MR) is 133 cm³/mol. The van der Waals surface area contributed by atoms with E-state index in [2.05, 4.69) is 17.1 Å². The molecule has 1 N–H and O–H groups in total. The van der Waals surface area contributed by atoms with Crippen LogP contribution in [0, 0.1) is 17.1 Å². The molecule has 0 bridgehead atoms. The van der Waals surface area contributed by atoms with Crippen LogP contribution in [0.5, 0.6) is 11.5 Å². The fourth-order valence-electron chi connectivity index (χ4n) is 3.25. The Balaban J connectivity index is 1.82. The van der Waals surface area contributed by atoms with Crippen LogP contribution in [0.2, 0.25) is 5.02 Å². The first kappa shape index (κ1) is 25.5. The van der Waals surface area contributed by atoms with Gasteiger partial charge >= 0.3 is 0 Å². The van der Waals surface area contributed by atoms with Crippen molar-refractivity contribution in [2.45, 2.75) is 20.0 Å². The van der Waals surface area contributed by atoms with Crippen LogP contribution >= 0.6 is 11.6 Å². The van der Waals surface area contributed by atoms with E-state index < -0.39 is 11.7 Å². The van der Waals surface area contributed by atoms with Crippen molar-refractivity contribution >= 4 is 23.7 Å². The Kier molecular flexibility index (Phi) is 8.99. The molecule has 0 unspecified atom stereocenters. The lowest BCUT2D eigenvalue weighted by atomic mass is 10.1. The van der Waals surface area contributed by atoms with Crippen molar-refractivity contribution in [3.63, 3.8) is 0 Å². The van der Waals surface area contributed by atoms with Crippen molar-refractivity contribution in [1.82, 2.24) is 5.43 Å². The Morgan fingerprint density at radius 3 is 2.69 bits per heavy atom. The quantitative estimate of drug-likeness (QED) is 0.220. The summed E-state index contributed by atoms with van der Waals surface area (Å²) in [6.07, 6.45) is 3.67. The zero-order valence-electron chi connectivity index (χ0n) is 19.1. The average molecular weight is 492 g/mol. The number of hydrogen-bond acceptors (Lipinski definition) is 5. The van der Waals surface area contributed by atoms with Crippen molar-refractivity contribution in [1.29, 1.82) is 5.26 Å². The maximum atomic E-state index is 14.1. The molecule has 0 saturated carbocycles. The molecule has 6 nitrogen and oxygen atoms in total. The molecule has 0 fully saturated rings. The molecule has 3 aromatic carbocycles. The lowest BCUT2D eigenvalue weighted by Gasteiger charge is -2.17. The maximum absolute atomic E-state index is 14.1. The summed E-state index contributed by atoms with van der Waals surface area (Å²) >= 11 is 6.25. The minimum atomic E-state index is -0.802. The summed E-state index contributed by atoms with van der Waals surface area (Å²) < 4.78 is 26.0. The second kappa shape index (κ2) is 12.4. The minimum absolute atomic E-state index is 0.123. The van der Waals surface area contributed by atoms with E-state index in [1.165, 1.54) is 18.3 Å². The number of carbonyl (C=O) groups is 1. The van der Waals surface area contributed by atoms with E-state index in [9.17, 15) is 9.18 Å². The normalized spacial score (nSPS) is 10.6. The van der Waals surface area contributed by atoms with Crippen LogP contribution in [-0.4, -0.2) is 18.7 Å². The van der Waals surface area contributed by atoms with Gasteiger partial charge in [0, 0.05) is 16.1 Å². The van der Waals surface area contributed by atoms with Crippen molar-refractivity contribution in [2.75, 3.05) is 6.61 Å². The number of hydrogen-bond donors (Lipinski definition) is 1. The maximum Gasteiger partial charge on any atom is 0.274 e. The molecule has 0 aliphatic carbocycles. The summed E-state index contributed by atoms with van der Waals surface area (Å²) in [5, 5.41) is 13.4. The fourth-order valence-corrected chi connectivity index (χ4v) is 3.44. The Bertz CT molecular complexity index is 1300. The third-order valence-corrected chi connectivity index (χ3v) is 5.24. The summed E-state index contributed by atoms with van der Waals surface area (Å²) in [5.41, 5.74) is 4.49. The van der Waals surface area contributed by atoms with Gasteiger partial charge in [-0.2, -0.15) is 10.4 Å². The van der Waals surface area contributed by atoms with Gasteiger partial charge in [-0.05, 0) is 55.3 Å². The smallest absolute Gasteiger partial charge is 0.274 e. The number of allylic oxidation sites excluding steroid dienone is 1. The van der Waals surface area contributed by atoms with Gasteiger partial charge in [0.1, 0.15) is 12.4 Å². The van der Waals surface area contributed by atoms with Crippen molar-refractivity contribution in [3.8, 4) is 17.6 Å². The minimum Gasteiger partial charge on any atom is -0.490 e. The number of benzene rings is 3. The summed E-state index contributed by atoms with van der Waals surface area (Å²) in [4.78, 5) is 12.3. The zero-order valence-corrected chi connectivity index (χ0v) is 19.8. The first-order valence-corrected chi connectivity index (χ1v) is 11.1. The van der Waals surface area contributed by atoms with Gasteiger partial charge in [-0.25, -0.2) is 9.82 Å². The Labute approximate surface area is 208 Å². The molecule has 0 aromatic heterocycles. The first-order chi connectivity index (χ1) is 17.0. The summed E-state index contributed by atoms with van der Waals surface area (Å²) in [6, 6.07) is 16.4. The average Bonchev–Trinajstić information content (AvgIpc) is 2.84. The third kappa shape index (κ3) is 6.69. The van der Waals surface area contributed by atoms with Crippen molar-refractivity contribution in [2.24, 2.45) is 5.10 Å². The topological polar surface area (TPSA) is 83.7 Å². The van der Waals surface area contributed by atoms with Gasteiger partial charge in [-0.3, -0.25) is 4.79 Å². The van der Waals surface area contributed by atoms with Crippen molar-refractivity contribution < 1.29 is 18.7 Å². The molecule has 0 spiro atoms. The van der Waals surface area contributed by atoms with Crippen LogP contribution in [0.4, 0.5) is 4.39 Å². The number of rotatable bonds is 10. The largest absolute Gasteiger partial charge is 0.490 e. The number of hydrazone groups is 1. The molecule has 0 radical (unpaired) electrons. The molecule has 0 atom stereocenters. The van der Waals surface area contributed by atoms with Gasteiger partial charge < -0.3 is 9.47 Å². The molecule has 3 rings (SSSR count). The Hall–Kier alpha value is -4.15. The summed E-state index contributed by atoms with van der Waals surface area (Å²) in [7, 11) is 0. The molecule has 0 aliphatic rings. The van der Waals surface area contributed by atoms with Crippen LogP contribution in [0.1, 0.15) is 39.5 Å². The molecule has 8 heteroatoms. The first-order valence-electron chi connectivity index (χ1n) is 10.8. The number of amides is 1. The van der Waals surface area contributed by atoms with E-state index in [4.69, 9.17) is 26.3 Å². The van der Waals surface area contributed by atoms with Gasteiger partial charge in [0.15, 0.2) is 11.5 Å². The van der Waals surface area contributed by atoms with Gasteiger partial charge in [0.2, 0.25) is 0 Å². The van der Waals surface area contributed by atoms with Crippen LogP contribution in [0.15, 0.2) is 72.4 Å². The number of nitriles is 1. The number of halogens is 2. The van der Waals surface area contributed by atoms with Gasteiger partial charge in [0.05, 0.1) is 30.0 Å². The molecule has 0 heterocycles. The van der Waals surface area contributed by atoms with E-state index in [0.717, 1.165) is 17.2 Å². The third-order valence-electron chi connectivity index (χ3n) is 4.87. The second-order valence-electron chi connectivity index (χ2n) is 7.32. The van der Waals surface area contributed by atoms with Crippen LogP contribution < -0.4 is 14.9 Å². The highest BCUT2D eigenvalue weighted by Gasteiger charge is 2.15. The lowest BCUT2D eigenvalue weighted by molar-refractivity contribution is 0.0951. The molecule has 3 aromatic rings. The second-order valence-corrected chi connectivity index (χ2v) is 7.73. The number of nitrogens with one attached hydrogen (secondary N) is 1. The van der Waals surface area contributed by atoms with E-state index in [1.807, 2.05) is 37.3 Å². The number of ether oxygens (including phenoxy) is 2. The van der Waals surface area contributed by atoms with E-state index >= 15 is 0 Å². The fraction of sp³-hybridized carbons (Fsp3) is 0.148. The number of nitrogens with zero attached hydrogens (tertiary/aromatic N) is 2. The zero-order chi connectivity index (χ0) is 25.2. The van der Waals surface area contributed by atoms with E-state index in [0.29, 0.717) is 35.1 Å². The van der Waals surface area contributed by atoms with Gasteiger partial charge in [-0.1, -0.05) is 35.9 Å². The highest BCUT2D eigenvalue weighted by molar-refractivity contribution is 6.31. The number of carbonyl (C=O) groups excluding carboxylic acids is 1. The molecular weight excluding hydrogens is 469 g/mol. The van der Waals surface area contributed by atoms with Crippen LogP contribution in [0.25, 0.3) is 0 Å². The molecular formula is C27H23ClFN3O3.